The van der Waals surface area contributed by atoms with Crippen molar-refractivity contribution < 1.29 is 9.84 Å². The number of rotatable bonds is 5. The number of benzene rings is 1. The average molecular weight is 262 g/mol. The Kier molecular flexibility index (Phi) is 5.26. The molecule has 0 aromatic heterocycles. The predicted molar refractivity (Wildman–Crippen MR) is 78.5 cm³/mol. The van der Waals surface area contributed by atoms with Gasteiger partial charge >= 0.3 is 0 Å². The first-order chi connectivity index (χ1) is 9.24. The standard InChI is InChI=1S/C17H26O2/c1-3-7-13-10-11-15(18)17(12-13)19-16-9-6-5-8-14(16)4-2/h5-6,8-9,13,15,17-18H,3-4,7,10-12H2,1-2H3. The molecule has 2 nitrogen and oxygen atoms in total. The fourth-order valence-corrected chi connectivity index (χ4v) is 3.07. The largest absolute Gasteiger partial charge is 0.487 e. The van der Waals surface area contributed by atoms with Crippen molar-refractivity contribution in [1.82, 2.24) is 0 Å². The van der Waals surface area contributed by atoms with E-state index in [1.165, 1.54) is 18.4 Å². The van der Waals surface area contributed by atoms with E-state index in [0.717, 1.165) is 31.4 Å². The lowest BCUT2D eigenvalue weighted by atomic mass is 9.83. The highest BCUT2D eigenvalue weighted by molar-refractivity contribution is 5.33. The molecule has 19 heavy (non-hydrogen) atoms. The minimum Gasteiger partial charge on any atom is -0.487 e. The third-order valence-corrected chi connectivity index (χ3v) is 4.19. The molecule has 3 unspecified atom stereocenters. The lowest BCUT2D eigenvalue weighted by Gasteiger charge is -2.34. The summed E-state index contributed by atoms with van der Waals surface area (Å²) in [5.74, 6) is 1.67. The molecular formula is C17H26O2. The molecule has 3 atom stereocenters. The molecular weight excluding hydrogens is 236 g/mol. The summed E-state index contributed by atoms with van der Waals surface area (Å²) in [5.41, 5.74) is 1.23. The van der Waals surface area contributed by atoms with E-state index in [-0.39, 0.29) is 12.2 Å². The van der Waals surface area contributed by atoms with E-state index in [4.69, 9.17) is 4.74 Å². The van der Waals surface area contributed by atoms with Crippen molar-refractivity contribution in [3.05, 3.63) is 29.8 Å². The Bertz CT molecular complexity index is 389. The van der Waals surface area contributed by atoms with Crippen molar-refractivity contribution in [2.45, 2.75) is 64.6 Å². The van der Waals surface area contributed by atoms with Gasteiger partial charge in [0.15, 0.2) is 0 Å². The second kappa shape index (κ2) is 6.95. The van der Waals surface area contributed by atoms with Gasteiger partial charge in [0.2, 0.25) is 0 Å². The number of hydrogen-bond acceptors (Lipinski definition) is 2. The van der Waals surface area contributed by atoms with Gasteiger partial charge < -0.3 is 9.84 Å². The first kappa shape index (κ1) is 14.4. The van der Waals surface area contributed by atoms with Crippen LogP contribution in [-0.2, 0) is 6.42 Å². The quantitative estimate of drug-likeness (QED) is 0.870. The zero-order valence-electron chi connectivity index (χ0n) is 12.1. The van der Waals surface area contributed by atoms with E-state index in [1.807, 2.05) is 18.2 Å². The van der Waals surface area contributed by atoms with Gasteiger partial charge in [-0.3, -0.25) is 0 Å². The van der Waals surface area contributed by atoms with Crippen molar-refractivity contribution in [1.29, 1.82) is 0 Å². The Balaban J connectivity index is 2.03. The second-order valence-corrected chi connectivity index (χ2v) is 5.65. The monoisotopic (exact) mass is 262 g/mol. The predicted octanol–water partition coefficient (Wildman–Crippen LogP) is 3.96. The van der Waals surface area contributed by atoms with Crippen molar-refractivity contribution in [3.8, 4) is 5.75 Å². The Morgan fingerprint density at radius 1 is 1.21 bits per heavy atom. The van der Waals surface area contributed by atoms with E-state index >= 15 is 0 Å². The van der Waals surface area contributed by atoms with Crippen LogP contribution in [0.15, 0.2) is 24.3 Å². The molecule has 106 valence electrons. The molecule has 0 aliphatic heterocycles. The van der Waals surface area contributed by atoms with Crippen LogP contribution in [0.5, 0.6) is 5.75 Å². The maximum atomic E-state index is 10.2. The molecule has 0 heterocycles. The molecule has 2 rings (SSSR count). The SMILES string of the molecule is CCCC1CCC(O)C(Oc2ccccc2CC)C1. The molecule has 1 aromatic rings. The smallest absolute Gasteiger partial charge is 0.125 e. The highest BCUT2D eigenvalue weighted by Gasteiger charge is 2.30. The fraction of sp³-hybridized carbons (Fsp3) is 0.647. The zero-order chi connectivity index (χ0) is 13.7. The van der Waals surface area contributed by atoms with Crippen LogP contribution >= 0.6 is 0 Å². The van der Waals surface area contributed by atoms with Crippen molar-refractivity contribution >= 4 is 0 Å². The molecule has 1 fully saturated rings. The normalized spacial score (nSPS) is 27.2. The Morgan fingerprint density at radius 2 is 2.00 bits per heavy atom. The maximum Gasteiger partial charge on any atom is 0.125 e. The third kappa shape index (κ3) is 3.73. The third-order valence-electron chi connectivity index (χ3n) is 4.19. The highest BCUT2D eigenvalue weighted by Crippen LogP contribution is 2.32. The van der Waals surface area contributed by atoms with Gasteiger partial charge in [-0.15, -0.1) is 0 Å². The van der Waals surface area contributed by atoms with Gasteiger partial charge in [-0.1, -0.05) is 44.9 Å². The van der Waals surface area contributed by atoms with Crippen LogP contribution in [-0.4, -0.2) is 17.3 Å². The molecule has 0 spiro atoms. The minimum absolute atomic E-state index is 0.0296. The van der Waals surface area contributed by atoms with Crippen LogP contribution in [0.25, 0.3) is 0 Å². The van der Waals surface area contributed by atoms with E-state index < -0.39 is 0 Å². The van der Waals surface area contributed by atoms with Gasteiger partial charge in [-0.05, 0) is 43.2 Å². The summed E-state index contributed by atoms with van der Waals surface area (Å²) < 4.78 is 6.12. The number of aliphatic hydroxyl groups excluding tert-OH is 1. The van der Waals surface area contributed by atoms with Gasteiger partial charge in [-0.2, -0.15) is 0 Å². The molecule has 2 heteroatoms. The Hall–Kier alpha value is -1.02. The van der Waals surface area contributed by atoms with Crippen LogP contribution in [0.2, 0.25) is 0 Å². The molecule has 1 aromatic carbocycles. The number of ether oxygens (including phenoxy) is 1. The van der Waals surface area contributed by atoms with Crippen LogP contribution in [0.4, 0.5) is 0 Å². The summed E-state index contributed by atoms with van der Waals surface area (Å²) in [6.45, 7) is 4.37. The van der Waals surface area contributed by atoms with E-state index in [1.54, 1.807) is 0 Å². The van der Waals surface area contributed by atoms with Crippen LogP contribution in [0, 0.1) is 5.92 Å². The Labute approximate surface area is 116 Å². The van der Waals surface area contributed by atoms with Gasteiger partial charge in [0, 0.05) is 0 Å². The lowest BCUT2D eigenvalue weighted by molar-refractivity contribution is -0.0121. The van der Waals surface area contributed by atoms with Crippen molar-refractivity contribution in [2.75, 3.05) is 0 Å². The summed E-state index contributed by atoms with van der Waals surface area (Å²) >= 11 is 0. The van der Waals surface area contributed by atoms with Crippen LogP contribution in [0.3, 0.4) is 0 Å². The number of hydrogen-bond donors (Lipinski definition) is 1. The topological polar surface area (TPSA) is 29.5 Å². The first-order valence-electron chi connectivity index (χ1n) is 7.67. The summed E-state index contributed by atoms with van der Waals surface area (Å²) in [5, 5.41) is 10.2. The number of aliphatic hydroxyl groups is 1. The van der Waals surface area contributed by atoms with Crippen molar-refractivity contribution in [3.63, 3.8) is 0 Å². The molecule has 1 aliphatic carbocycles. The Morgan fingerprint density at radius 3 is 2.74 bits per heavy atom. The second-order valence-electron chi connectivity index (χ2n) is 5.65. The first-order valence-corrected chi connectivity index (χ1v) is 7.67. The molecule has 0 amide bonds. The number of aryl methyl sites for hydroxylation is 1. The summed E-state index contributed by atoms with van der Waals surface area (Å²) in [6.07, 6.45) is 6.12. The lowest BCUT2D eigenvalue weighted by Crippen LogP contribution is -2.38. The molecule has 0 radical (unpaired) electrons. The molecule has 0 saturated heterocycles. The number of para-hydroxylation sites is 1. The van der Waals surface area contributed by atoms with Gasteiger partial charge in [0.05, 0.1) is 6.10 Å². The van der Waals surface area contributed by atoms with Gasteiger partial charge in [-0.25, -0.2) is 0 Å². The summed E-state index contributed by atoms with van der Waals surface area (Å²) in [6, 6.07) is 8.18. The van der Waals surface area contributed by atoms with E-state index in [0.29, 0.717) is 5.92 Å². The summed E-state index contributed by atoms with van der Waals surface area (Å²) in [7, 11) is 0. The van der Waals surface area contributed by atoms with Crippen LogP contribution < -0.4 is 4.74 Å². The van der Waals surface area contributed by atoms with Crippen LogP contribution in [0.1, 0.15) is 51.5 Å². The van der Waals surface area contributed by atoms with Gasteiger partial charge in [0.1, 0.15) is 11.9 Å². The highest BCUT2D eigenvalue weighted by atomic mass is 16.5. The minimum atomic E-state index is -0.307. The maximum absolute atomic E-state index is 10.2. The molecule has 1 aliphatic rings. The van der Waals surface area contributed by atoms with E-state index in [2.05, 4.69) is 19.9 Å². The van der Waals surface area contributed by atoms with Crippen molar-refractivity contribution in [2.24, 2.45) is 5.92 Å². The molecule has 1 N–H and O–H groups in total. The van der Waals surface area contributed by atoms with Gasteiger partial charge in [0.25, 0.3) is 0 Å². The summed E-state index contributed by atoms with van der Waals surface area (Å²) in [4.78, 5) is 0. The average Bonchev–Trinajstić information content (AvgIpc) is 2.43. The zero-order valence-corrected chi connectivity index (χ0v) is 12.1. The van der Waals surface area contributed by atoms with E-state index in [9.17, 15) is 5.11 Å². The fourth-order valence-electron chi connectivity index (χ4n) is 3.07. The molecule has 0 bridgehead atoms. The molecule has 1 saturated carbocycles.